The molecule has 18 heavy (non-hydrogen) atoms. The summed E-state index contributed by atoms with van der Waals surface area (Å²) >= 11 is 4.90. The molecule has 0 saturated carbocycles. The molecule has 0 saturated heterocycles. The molecule has 6 heteroatoms. The van der Waals surface area contributed by atoms with Crippen LogP contribution in [0.25, 0.3) is 0 Å². The summed E-state index contributed by atoms with van der Waals surface area (Å²) in [6, 6.07) is 6.88. The maximum absolute atomic E-state index is 10.9. The van der Waals surface area contributed by atoms with Crippen LogP contribution in [0.15, 0.2) is 34.1 Å². The van der Waals surface area contributed by atoms with E-state index in [9.17, 15) is 10.1 Å². The summed E-state index contributed by atoms with van der Waals surface area (Å²) < 4.78 is 6.49. The van der Waals surface area contributed by atoms with Crippen molar-refractivity contribution in [1.29, 1.82) is 0 Å². The van der Waals surface area contributed by atoms with Gasteiger partial charge in [-0.25, -0.2) is 0 Å². The third-order valence-electron chi connectivity index (χ3n) is 2.30. The zero-order chi connectivity index (χ0) is 13.1. The molecule has 0 unspecified atom stereocenters. The average molecular weight is 328 g/mol. The van der Waals surface area contributed by atoms with Crippen molar-refractivity contribution in [2.75, 3.05) is 0 Å². The van der Waals surface area contributed by atoms with E-state index in [2.05, 4.69) is 15.9 Å². The molecule has 0 spiro atoms. The normalized spacial score (nSPS) is 10.3. The molecule has 0 atom stereocenters. The van der Waals surface area contributed by atoms with Gasteiger partial charge in [0.1, 0.15) is 6.61 Å². The minimum absolute atomic E-state index is 0.00521. The van der Waals surface area contributed by atoms with Gasteiger partial charge in [-0.2, -0.15) is 0 Å². The SMILES string of the molecule is Cc1ccc(OCc2cc(Br)cs2)c([N+](=O)[O-])c1. The molecule has 1 heterocycles. The number of aryl methyl sites for hydroxylation is 1. The van der Waals surface area contributed by atoms with E-state index < -0.39 is 4.92 Å². The quantitative estimate of drug-likeness (QED) is 0.621. The van der Waals surface area contributed by atoms with E-state index in [0.717, 1.165) is 14.9 Å². The van der Waals surface area contributed by atoms with Gasteiger partial charge in [-0.15, -0.1) is 11.3 Å². The molecule has 0 bridgehead atoms. The smallest absolute Gasteiger partial charge is 0.311 e. The lowest BCUT2D eigenvalue weighted by Crippen LogP contribution is -1.98. The largest absolute Gasteiger partial charge is 0.481 e. The van der Waals surface area contributed by atoms with Crippen LogP contribution < -0.4 is 4.74 Å². The van der Waals surface area contributed by atoms with Gasteiger partial charge in [0.15, 0.2) is 5.75 Å². The molecule has 4 nitrogen and oxygen atoms in total. The van der Waals surface area contributed by atoms with Crippen molar-refractivity contribution in [2.24, 2.45) is 0 Å². The predicted molar refractivity (Wildman–Crippen MR) is 74.2 cm³/mol. The number of rotatable bonds is 4. The van der Waals surface area contributed by atoms with E-state index in [1.165, 1.54) is 6.07 Å². The van der Waals surface area contributed by atoms with E-state index in [1.54, 1.807) is 23.5 Å². The zero-order valence-electron chi connectivity index (χ0n) is 9.55. The summed E-state index contributed by atoms with van der Waals surface area (Å²) in [5.41, 5.74) is 0.846. The number of ether oxygens (including phenoxy) is 1. The van der Waals surface area contributed by atoms with E-state index in [4.69, 9.17) is 4.74 Å². The van der Waals surface area contributed by atoms with Crippen molar-refractivity contribution < 1.29 is 9.66 Å². The first-order valence-corrected chi connectivity index (χ1v) is 6.84. The molecule has 0 radical (unpaired) electrons. The van der Waals surface area contributed by atoms with E-state index in [1.807, 2.05) is 18.4 Å². The van der Waals surface area contributed by atoms with Gasteiger partial charge < -0.3 is 4.74 Å². The Morgan fingerprint density at radius 3 is 2.83 bits per heavy atom. The van der Waals surface area contributed by atoms with Crippen LogP contribution in [0.5, 0.6) is 5.75 Å². The third-order valence-corrected chi connectivity index (χ3v) is 3.97. The molecule has 2 rings (SSSR count). The lowest BCUT2D eigenvalue weighted by atomic mass is 10.2. The molecule has 0 aliphatic rings. The van der Waals surface area contributed by atoms with Crippen molar-refractivity contribution >= 4 is 33.0 Å². The molecular weight excluding hydrogens is 318 g/mol. The minimum atomic E-state index is -0.424. The van der Waals surface area contributed by atoms with E-state index >= 15 is 0 Å². The zero-order valence-corrected chi connectivity index (χ0v) is 12.0. The Kier molecular flexibility index (Phi) is 3.98. The fraction of sp³-hybridized carbons (Fsp3) is 0.167. The molecule has 0 amide bonds. The van der Waals surface area contributed by atoms with Gasteiger partial charge in [0.25, 0.3) is 0 Å². The average Bonchev–Trinajstić information content (AvgIpc) is 2.73. The topological polar surface area (TPSA) is 52.4 Å². The maximum atomic E-state index is 10.9. The van der Waals surface area contributed by atoms with Crippen LogP contribution in [0.2, 0.25) is 0 Å². The number of hydrogen-bond acceptors (Lipinski definition) is 4. The van der Waals surface area contributed by atoms with Crippen molar-refractivity contribution in [3.05, 3.63) is 54.7 Å². The first-order chi connectivity index (χ1) is 8.56. The minimum Gasteiger partial charge on any atom is -0.481 e. The highest BCUT2D eigenvalue weighted by atomic mass is 79.9. The van der Waals surface area contributed by atoms with Gasteiger partial charge in [0.2, 0.25) is 0 Å². The molecule has 0 aliphatic carbocycles. The van der Waals surface area contributed by atoms with Crippen LogP contribution in [0.4, 0.5) is 5.69 Å². The van der Waals surface area contributed by atoms with Crippen molar-refractivity contribution in [2.45, 2.75) is 13.5 Å². The summed E-state index contributed by atoms with van der Waals surface area (Å²) in [6.45, 7) is 2.15. The molecular formula is C12H10BrNO3S. The Balaban J connectivity index is 2.16. The lowest BCUT2D eigenvalue weighted by Gasteiger charge is -2.05. The first-order valence-electron chi connectivity index (χ1n) is 5.17. The summed E-state index contributed by atoms with van der Waals surface area (Å²) in [6.07, 6.45) is 0. The summed E-state index contributed by atoms with van der Waals surface area (Å²) in [7, 11) is 0. The standard InChI is InChI=1S/C12H10BrNO3S/c1-8-2-3-12(11(4-8)14(15)16)17-6-10-5-9(13)7-18-10/h2-5,7H,6H2,1H3. The number of hydrogen-bond donors (Lipinski definition) is 0. The fourth-order valence-corrected chi connectivity index (χ4v) is 2.83. The van der Waals surface area contributed by atoms with Crippen molar-refractivity contribution in [3.8, 4) is 5.75 Å². The maximum Gasteiger partial charge on any atom is 0.311 e. The summed E-state index contributed by atoms with van der Waals surface area (Å²) in [5, 5.41) is 12.9. The number of benzene rings is 1. The summed E-state index contributed by atoms with van der Waals surface area (Å²) in [4.78, 5) is 11.5. The monoisotopic (exact) mass is 327 g/mol. The van der Waals surface area contributed by atoms with Gasteiger partial charge >= 0.3 is 5.69 Å². The number of nitro benzene ring substituents is 1. The Labute approximate surface area is 116 Å². The van der Waals surface area contributed by atoms with Crippen molar-refractivity contribution in [3.63, 3.8) is 0 Å². The van der Waals surface area contributed by atoms with Crippen LogP contribution in [-0.4, -0.2) is 4.92 Å². The lowest BCUT2D eigenvalue weighted by molar-refractivity contribution is -0.386. The van der Waals surface area contributed by atoms with Gasteiger partial charge in [-0.1, -0.05) is 6.07 Å². The molecule has 2 aromatic rings. The second kappa shape index (κ2) is 5.49. The molecule has 0 aliphatic heterocycles. The summed E-state index contributed by atoms with van der Waals surface area (Å²) in [5.74, 6) is 0.301. The van der Waals surface area contributed by atoms with Crippen LogP contribution in [0.1, 0.15) is 10.4 Å². The Morgan fingerprint density at radius 1 is 1.44 bits per heavy atom. The highest BCUT2D eigenvalue weighted by Crippen LogP contribution is 2.29. The van der Waals surface area contributed by atoms with Gasteiger partial charge in [0.05, 0.1) is 4.92 Å². The molecule has 94 valence electrons. The number of thiophene rings is 1. The van der Waals surface area contributed by atoms with Gasteiger partial charge in [0, 0.05) is 20.8 Å². The van der Waals surface area contributed by atoms with Crippen LogP contribution in [0.3, 0.4) is 0 Å². The molecule has 0 fully saturated rings. The van der Waals surface area contributed by atoms with Gasteiger partial charge in [-0.05, 0) is 40.5 Å². The second-order valence-electron chi connectivity index (χ2n) is 3.75. The molecule has 1 aromatic carbocycles. The van der Waals surface area contributed by atoms with Crippen molar-refractivity contribution in [1.82, 2.24) is 0 Å². The Bertz CT molecular complexity index is 582. The van der Waals surface area contributed by atoms with Gasteiger partial charge in [-0.3, -0.25) is 10.1 Å². The predicted octanol–water partition coefficient (Wildman–Crippen LogP) is 4.31. The van der Waals surface area contributed by atoms with Crippen LogP contribution >= 0.6 is 27.3 Å². The van der Waals surface area contributed by atoms with E-state index in [-0.39, 0.29) is 5.69 Å². The second-order valence-corrected chi connectivity index (χ2v) is 5.66. The molecule has 0 N–H and O–H groups in total. The highest BCUT2D eigenvalue weighted by Gasteiger charge is 2.15. The highest BCUT2D eigenvalue weighted by molar-refractivity contribution is 9.10. The molecule has 1 aromatic heterocycles. The Morgan fingerprint density at radius 2 is 2.22 bits per heavy atom. The van der Waals surface area contributed by atoms with Crippen LogP contribution in [0, 0.1) is 17.0 Å². The number of nitrogens with zero attached hydrogens (tertiary/aromatic N) is 1. The van der Waals surface area contributed by atoms with E-state index in [0.29, 0.717) is 12.4 Å². The Hall–Kier alpha value is -1.40. The van der Waals surface area contributed by atoms with Crippen LogP contribution in [-0.2, 0) is 6.61 Å². The fourth-order valence-electron chi connectivity index (χ4n) is 1.47. The first kappa shape index (κ1) is 13.0. The number of nitro groups is 1. The number of halogens is 1. The third kappa shape index (κ3) is 3.08.